The van der Waals surface area contributed by atoms with E-state index in [1.165, 1.54) is 18.0 Å². The van der Waals surface area contributed by atoms with Crippen LogP contribution in [0.5, 0.6) is 0 Å². The molecule has 0 aliphatic carbocycles. The Morgan fingerprint density at radius 2 is 1.93 bits per heavy atom. The van der Waals surface area contributed by atoms with E-state index in [0.717, 1.165) is 22.3 Å². The normalized spacial score (nSPS) is 11.2. The average Bonchev–Trinajstić information content (AvgIpc) is 2.69. The molecule has 0 fully saturated rings. The standard InChI is InChI=1S/C19H18ClN3O3S2.ClH/c1-28(25,26)16-6-15(9-22-10-16)13-5-14(8-21)18(17(20)7-13)27-19-12(11-24)3-2-4-23-19;/h2-7,9-10,24H,8,11,21H2,1H3;1H. The lowest BCUT2D eigenvalue weighted by atomic mass is 10.0. The number of aliphatic hydroxyl groups is 1. The van der Waals surface area contributed by atoms with Crippen LogP contribution >= 0.6 is 35.8 Å². The summed E-state index contributed by atoms with van der Waals surface area (Å²) in [4.78, 5) is 9.21. The van der Waals surface area contributed by atoms with E-state index in [2.05, 4.69) is 9.97 Å². The van der Waals surface area contributed by atoms with Crippen molar-refractivity contribution in [2.45, 2.75) is 28.0 Å². The third-order valence-electron chi connectivity index (χ3n) is 4.03. The molecule has 0 bridgehead atoms. The number of halogens is 2. The minimum Gasteiger partial charge on any atom is -0.392 e. The van der Waals surface area contributed by atoms with Crippen molar-refractivity contribution in [1.82, 2.24) is 9.97 Å². The lowest BCUT2D eigenvalue weighted by Crippen LogP contribution is -2.01. The van der Waals surface area contributed by atoms with Gasteiger partial charge in [-0.3, -0.25) is 4.98 Å². The summed E-state index contributed by atoms with van der Waals surface area (Å²) in [5.74, 6) is 0. The number of aromatic nitrogens is 2. The zero-order chi connectivity index (χ0) is 20.3. The molecule has 0 atom stereocenters. The monoisotopic (exact) mass is 471 g/mol. The first-order valence-electron chi connectivity index (χ1n) is 8.24. The van der Waals surface area contributed by atoms with Gasteiger partial charge in [0.15, 0.2) is 9.84 Å². The second-order valence-electron chi connectivity index (χ2n) is 6.06. The lowest BCUT2D eigenvalue weighted by Gasteiger charge is -2.14. The summed E-state index contributed by atoms with van der Waals surface area (Å²) in [6.07, 6.45) is 5.67. The maximum Gasteiger partial charge on any atom is 0.177 e. The number of hydrogen-bond acceptors (Lipinski definition) is 7. The van der Waals surface area contributed by atoms with Crippen molar-refractivity contribution < 1.29 is 13.5 Å². The molecule has 2 heterocycles. The summed E-state index contributed by atoms with van der Waals surface area (Å²) in [6.45, 7) is 0.101. The van der Waals surface area contributed by atoms with Gasteiger partial charge in [0, 0.05) is 47.4 Å². The van der Waals surface area contributed by atoms with Gasteiger partial charge in [-0.25, -0.2) is 13.4 Å². The van der Waals surface area contributed by atoms with Crippen molar-refractivity contribution in [3.05, 3.63) is 65.1 Å². The number of benzene rings is 1. The molecule has 6 nitrogen and oxygen atoms in total. The zero-order valence-corrected chi connectivity index (χ0v) is 18.6. The molecule has 3 N–H and O–H groups in total. The summed E-state index contributed by atoms with van der Waals surface area (Å²) >= 11 is 7.87. The molecule has 0 saturated heterocycles. The van der Waals surface area contributed by atoms with Gasteiger partial charge in [0.1, 0.15) is 5.03 Å². The molecule has 3 aromatic rings. The Bertz CT molecular complexity index is 1130. The first-order chi connectivity index (χ1) is 13.3. The fourth-order valence-corrected chi connectivity index (χ4v) is 4.54. The third kappa shape index (κ3) is 5.48. The number of aliphatic hydroxyl groups excluding tert-OH is 1. The van der Waals surface area contributed by atoms with Gasteiger partial charge < -0.3 is 10.8 Å². The minimum atomic E-state index is -3.37. The Morgan fingerprint density at radius 3 is 2.59 bits per heavy atom. The third-order valence-corrected chi connectivity index (χ3v) is 6.77. The van der Waals surface area contributed by atoms with E-state index in [1.807, 2.05) is 6.07 Å². The Hall–Kier alpha value is -1.68. The predicted octanol–water partition coefficient (Wildman–Crippen LogP) is 3.72. The van der Waals surface area contributed by atoms with Crippen LogP contribution in [0.4, 0.5) is 0 Å². The van der Waals surface area contributed by atoms with E-state index in [0.29, 0.717) is 21.2 Å². The van der Waals surface area contributed by atoms with Gasteiger partial charge in [-0.15, -0.1) is 12.4 Å². The molecule has 0 amide bonds. The predicted molar refractivity (Wildman–Crippen MR) is 117 cm³/mol. The van der Waals surface area contributed by atoms with Crippen LogP contribution in [0.1, 0.15) is 11.1 Å². The maximum absolute atomic E-state index is 11.8. The fourth-order valence-electron chi connectivity index (χ4n) is 2.60. The summed E-state index contributed by atoms with van der Waals surface area (Å²) < 4.78 is 23.6. The second-order valence-corrected chi connectivity index (χ2v) is 9.48. The molecular formula is C19H19Cl2N3O3S2. The van der Waals surface area contributed by atoms with Gasteiger partial charge in [-0.05, 0) is 35.4 Å². The minimum absolute atomic E-state index is 0. The topological polar surface area (TPSA) is 106 Å². The highest BCUT2D eigenvalue weighted by molar-refractivity contribution is 7.99. The van der Waals surface area contributed by atoms with E-state index >= 15 is 0 Å². The van der Waals surface area contributed by atoms with Crippen LogP contribution in [0.25, 0.3) is 11.1 Å². The highest BCUT2D eigenvalue weighted by atomic mass is 35.5. The molecule has 154 valence electrons. The van der Waals surface area contributed by atoms with Crippen LogP contribution in [0.3, 0.4) is 0 Å². The van der Waals surface area contributed by atoms with Gasteiger partial charge in [0.05, 0.1) is 16.5 Å². The average molecular weight is 472 g/mol. The molecule has 2 aromatic heterocycles. The molecule has 0 aliphatic rings. The number of nitrogens with two attached hydrogens (primary N) is 1. The molecule has 0 radical (unpaired) electrons. The van der Waals surface area contributed by atoms with Crippen LogP contribution in [0.15, 0.2) is 63.7 Å². The van der Waals surface area contributed by atoms with Crippen LogP contribution in [0, 0.1) is 0 Å². The van der Waals surface area contributed by atoms with Gasteiger partial charge in [-0.1, -0.05) is 29.4 Å². The van der Waals surface area contributed by atoms with Gasteiger partial charge in [-0.2, -0.15) is 0 Å². The molecule has 0 spiro atoms. The molecule has 1 aromatic carbocycles. The molecule has 0 unspecified atom stereocenters. The Balaban J connectivity index is 0.00000300. The number of nitrogens with zero attached hydrogens (tertiary/aromatic N) is 2. The largest absolute Gasteiger partial charge is 0.392 e. The van der Waals surface area contributed by atoms with E-state index in [9.17, 15) is 13.5 Å². The highest BCUT2D eigenvalue weighted by Gasteiger charge is 2.15. The number of rotatable bonds is 6. The maximum atomic E-state index is 11.8. The zero-order valence-electron chi connectivity index (χ0n) is 15.4. The number of pyridine rings is 2. The Morgan fingerprint density at radius 1 is 1.17 bits per heavy atom. The molecule has 3 rings (SSSR count). The van der Waals surface area contributed by atoms with Gasteiger partial charge >= 0.3 is 0 Å². The van der Waals surface area contributed by atoms with Crippen LogP contribution in [-0.2, 0) is 23.0 Å². The number of sulfone groups is 1. The van der Waals surface area contributed by atoms with Gasteiger partial charge in [0.25, 0.3) is 0 Å². The molecule has 0 saturated carbocycles. The highest BCUT2D eigenvalue weighted by Crippen LogP contribution is 2.39. The van der Waals surface area contributed by atoms with E-state index < -0.39 is 9.84 Å². The lowest BCUT2D eigenvalue weighted by molar-refractivity contribution is 0.278. The van der Waals surface area contributed by atoms with E-state index in [1.54, 1.807) is 36.7 Å². The van der Waals surface area contributed by atoms with Crippen LogP contribution < -0.4 is 5.73 Å². The fraction of sp³-hybridized carbons (Fsp3) is 0.158. The molecule has 0 aliphatic heterocycles. The van der Waals surface area contributed by atoms with Gasteiger partial charge in [0.2, 0.25) is 0 Å². The second kappa shape index (κ2) is 9.88. The number of hydrogen-bond donors (Lipinski definition) is 2. The first kappa shape index (κ1) is 23.6. The van der Waals surface area contributed by atoms with Crippen molar-refractivity contribution in [2.24, 2.45) is 5.73 Å². The Kier molecular flexibility index (Phi) is 8.04. The SMILES string of the molecule is CS(=O)(=O)c1cncc(-c2cc(Cl)c(Sc3ncccc3CO)c(CN)c2)c1.Cl. The summed E-state index contributed by atoms with van der Waals surface area (Å²) in [7, 11) is -3.37. The van der Waals surface area contributed by atoms with Crippen molar-refractivity contribution in [3.63, 3.8) is 0 Å². The summed E-state index contributed by atoms with van der Waals surface area (Å²) in [6, 6.07) is 8.71. The van der Waals surface area contributed by atoms with E-state index in [4.69, 9.17) is 17.3 Å². The molecule has 10 heteroatoms. The van der Waals surface area contributed by atoms with E-state index in [-0.39, 0.29) is 30.5 Å². The van der Waals surface area contributed by atoms with Crippen LogP contribution in [0.2, 0.25) is 5.02 Å². The van der Waals surface area contributed by atoms with Crippen molar-refractivity contribution in [3.8, 4) is 11.1 Å². The quantitative estimate of drug-likeness (QED) is 0.563. The smallest absolute Gasteiger partial charge is 0.177 e. The van der Waals surface area contributed by atoms with Crippen molar-refractivity contribution in [2.75, 3.05) is 6.26 Å². The van der Waals surface area contributed by atoms with Crippen molar-refractivity contribution in [1.29, 1.82) is 0 Å². The summed E-state index contributed by atoms with van der Waals surface area (Å²) in [5, 5.41) is 10.6. The van der Waals surface area contributed by atoms with Crippen LogP contribution in [-0.4, -0.2) is 29.7 Å². The van der Waals surface area contributed by atoms with Crippen molar-refractivity contribution >= 4 is 45.6 Å². The molecular weight excluding hydrogens is 453 g/mol. The first-order valence-corrected chi connectivity index (χ1v) is 11.3. The summed E-state index contributed by atoms with van der Waals surface area (Å²) in [5.41, 5.74) is 8.76. The Labute approximate surface area is 184 Å². The molecule has 29 heavy (non-hydrogen) atoms.